The number of esters is 3. The van der Waals surface area contributed by atoms with Crippen LogP contribution in [0.5, 0.6) is 0 Å². The minimum absolute atomic E-state index is 0.0632. The normalized spacial score (nSPS) is 12.5. The number of unbranched alkanes of at least 4 members (excludes halogenated alkanes) is 38. The van der Waals surface area contributed by atoms with Crippen LogP contribution >= 0.6 is 0 Å². The predicted octanol–water partition coefficient (Wildman–Crippen LogP) is 19.7. The Balaban J connectivity index is 4.07. The van der Waals surface area contributed by atoms with E-state index in [1.807, 2.05) is 0 Å². The van der Waals surface area contributed by atoms with Crippen LogP contribution in [0.25, 0.3) is 0 Å². The Morgan fingerprint density at radius 2 is 0.576 bits per heavy atom. The molecule has 0 aliphatic carbocycles. The number of carbonyl (C=O) groups excluding carboxylic acids is 3. The molecule has 0 aliphatic heterocycles. The minimum Gasteiger partial charge on any atom is -0.462 e. The van der Waals surface area contributed by atoms with Gasteiger partial charge in [0.15, 0.2) is 6.10 Å². The summed E-state index contributed by atoms with van der Waals surface area (Å²) in [4.78, 5) is 38.0. The molecule has 1 unspecified atom stereocenters. The fourth-order valence-corrected chi connectivity index (χ4v) is 9.20. The van der Waals surface area contributed by atoms with E-state index in [2.05, 4.69) is 34.6 Å². The molecule has 0 spiro atoms. The number of ether oxygens (including phenoxy) is 3. The lowest BCUT2D eigenvalue weighted by atomic mass is 9.99. The van der Waals surface area contributed by atoms with E-state index in [-0.39, 0.29) is 31.1 Å². The first kappa shape index (κ1) is 64.4. The van der Waals surface area contributed by atoms with Crippen molar-refractivity contribution in [1.29, 1.82) is 0 Å². The maximum absolute atomic E-state index is 12.7. The summed E-state index contributed by atoms with van der Waals surface area (Å²) in [6.45, 7) is 11.4. The van der Waals surface area contributed by atoms with E-state index in [0.717, 1.165) is 69.6 Å². The Morgan fingerprint density at radius 3 is 0.864 bits per heavy atom. The molecule has 0 aromatic carbocycles. The summed E-state index contributed by atoms with van der Waals surface area (Å²) in [6, 6.07) is 0. The summed E-state index contributed by atoms with van der Waals surface area (Å²) in [7, 11) is 0. The molecule has 0 aromatic rings. The smallest absolute Gasteiger partial charge is 0.306 e. The van der Waals surface area contributed by atoms with Gasteiger partial charge in [-0.05, 0) is 31.1 Å². The summed E-state index contributed by atoms with van der Waals surface area (Å²) in [5, 5.41) is 0. The van der Waals surface area contributed by atoms with Gasteiger partial charge in [-0.1, -0.05) is 298 Å². The van der Waals surface area contributed by atoms with Crippen molar-refractivity contribution in [3.8, 4) is 0 Å². The highest BCUT2D eigenvalue weighted by molar-refractivity contribution is 5.71. The molecule has 0 aliphatic rings. The average Bonchev–Trinajstić information content (AvgIpc) is 3.30. The third-order valence-electron chi connectivity index (χ3n) is 14.1. The lowest BCUT2D eigenvalue weighted by Crippen LogP contribution is -2.30. The van der Waals surface area contributed by atoms with Crippen LogP contribution in [-0.4, -0.2) is 37.2 Å². The Bertz CT molecular complexity index is 1010. The summed E-state index contributed by atoms with van der Waals surface area (Å²) >= 11 is 0. The molecule has 6 nitrogen and oxygen atoms in total. The molecule has 392 valence electrons. The standard InChI is InChI=1S/C60H116O6/c1-6-8-9-10-33-42-47-52-60(63)66-57(54-65-59(62)51-46-41-37-32-28-24-20-16-15-17-21-25-29-34-38-43-48-55(3)4)53-64-58(61)50-45-40-36-31-27-23-19-14-12-11-13-18-22-26-30-35-39-44-49-56(5)7-2/h55-57H,6-54H2,1-5H3/t56?,57-/m1/s1. The van der Waals surface area contributed by atoms with E-state index in [0.29, 0.717) is 19.3 Å². The van der Waals surface area contributed by atoms with Gasteiger partial charge < -0.3 is 14.2 Å². The van der Waals surface area contributed by atoms with Gasteiger partial charge in [-0.15, -0.1) is 0 Å². The summed E-state index contributed by atoms with van der Waals surface area (Å²) in [5.74, 6) is 0.917. The van der Waals surface area contributed by atoms with Crippen LogP contribution in [0.3, 0.4) is 0 Å². The second kappa shape index (κ2) is 52.8. The highest BCUT2D eigenvalue weighted by atomic mass is 16.6. The van der Waals surface area contributed by atoms with Crippen LogP contribution in [0.1, 0.15) is 336 Å². The highest BCUT2D eigenvalue weighted by Crippen LogP contribution is 2.19. The van der Waals surface area contributed by atoms with E-state index in [9.17, 15) is 14.4 Å². The zero-order valence-corrected chi connectivity index (χ0v) is 45.3. The molecule has 0 saturated heterocycles. The Kier molecular flexibility index (Phi) is 51.5. The minimum atomic E-state index is -0.761. The molecule has 0 radical (unpaired) electrons. The van der Waals surface area contributed by atoms with E-state index in [1.54, 1.807) is 0 Å². The van der Waals surface area contributed by atoms with Crippen LogP contribution in [-0.2, 0) is 28.6 Å². The first-order valence-electron chi connectivity index (χ1n) is 29.8. The number of carbonyl (C=O) groups is 3. The number of hydrogen-bond donors (Lipinski definition) is 0. The number of rotatable bonds is 54. The molecule has 0 aromatic heterocycles. The summed E-state index contributed by atoms with van der Waals surface area (Å²) < 4.78 is 16.8. The van der Waals surface area contributed by atoms with Gasteiger partial charge in [-0.3, -0.25) is 14.4 Å². The molecule has 0 rings (SSSR count). The SMILES string of the molecule is CCCCCCCCCC(=O)O[C@H](COC(=O)CCCCCCCCCCCCCCCCCCCCC(C)CC)COC(=O)CCCCCCCCCCCCCCCCCCC(C)C. The van der Waals surface area contributed by atoms with Gasteiger partial charge in [0.1, 0.15) is 13.2 Å². The number of hydrogen-bond acceptors (Lipinski definition) is 6. The van der Waals surface area contributed by atoms with Crippen molar-refractivity contribution in [3.05, 3.63) is 0 Å². The molecule has 0 amide bonds. The highest BCUT2D eigenvalue weighted by Gasteiger charge is 2.19. The zero-order valence-electron chi connectivity index (χ0n) is 45.3. The average molecular weight is 934 g/mol. The van der Waals surface area contributed by atoms with Crippen LogP contribution in [0, 0.1) is 11.8 Å². The van der Waals surface area contributed by atoms with Crippen molar-refractivity contribution in [2.75, 3.05) is 13.2 Å². The van der Waals surface area contributed by atoms with Gasteiger partial charge in [0.25, 0.3) is 0 Å². The van der Waals surface area contributed by atoms with Crippen molar-refractivity contribution in [3.63, 3.8) is 0 Å². The predicted molar refractivity (Wildman–Crippen MR) is 284 cm³/mol. The van der Waals surface area contributed by atoms with Crippen molar-refractivity contribution in [2.45, 2.75) is 343 Å². The largest absolute Gasteiger partial charge is 0.462 e. The van der Waals surface area contributed by atoms with E-state index in [4.69, 9.17) is 14.2 Å². The van der Waals surface area contributed by atoms with E-state index >= 15 is 0 Å². The van der Waals surface area contributed by atoms with Gasteiger partial charge in [0.2, 0.25) is 0 Å². The molecule has 0 bridgehead atoms. The van der Waals surface area contributed by atoms with E-state index in [1.165, 1.54) is 225 Å². The molecule has 0 heterocycles. The van der Waals surface area contributed by atoms with Crippen LogP contribution in [0.15, 0.2) is 0 Å². The van der Waals surface area contributed by atoms with Crippen LogP contribution < -0.4 is 0 Å². The van der Waals surface area contributed by atoms with Crippen LogP contribution in [0.4, 0.5) is 0 Å². The molecule has 6 heteroatoms. The molecular formula is C60H116O6. The van der Waals surface area contributed by atoms with Gasteiger partial charge in [0.05, 0.1) is 0 Å². The van der Waals surface area contributed by atoms with Gasteiger partial charge in [-0.2, -0.15) is 0 Å². The second-order valence-corrected chi connectivity index (χ2v) is 21.4. The van der Waals surface area contributed by atoms with Gasteiger partial charge >= 0.3 is 17.9 Å². The maximum Gasteiger partial charge on any atom is 0.306 e. The first-order chi connectivity index (χ1) is 32.3. The van der Waals surface area contributed by atoms with Crippen molar-refractivity contribution in [2.24, 2.45) is 11.8 Å². The molecule has 2 atom stereocenters. The Morgan fingerprint density at radius 1 is 0.318 bits per heavy atom. The van der Waals surface area contributed by atoms with Crippen molar-refractivity contribution in [1.82, 2.24) is 0 Å². The second-order valence-electron chi connectivity index (χ2n) is 21.4. The monoisotopic (exact) mass is 933 g/mol. The van der Waals surface area contributed by atoms with Gasteiger partial charge in [0, 0.05) is 19.3 Å². The van der Waals surface area contributed by atoms with Gasteiger partial charge in [-0.25, -0.2) is 0 Å². The lowest BCUT2D eigenvalue weighted by molar-refractivity contribution is -0.167. The molecule has 0 N–H and O–H groups in total. The Hall–Kier alpha value is -1.59. The van der Waals surface area contributed by atoms with E-state index < -0.39 is 6.10 Å². The quantitative estimate of drug-likeness (QED) is 0.0343. The first-order valence-corrected chi connectivity index (χ1v) is 29.8. The third kappa shape index (κ3) is 51.8. The third-order valence-corrected chi connectivity index (χ3v) is 14.1. The molecule has 0 saturated carbocycles. The maximum atomic E-state index is 12.7. The fourth-order valence-electron chi connectivity index (χ4n) is 9.20. The molecule has 66 heavy (non-hydrogen) atoms. The van der Waals surface area contributed by atoms with Crippen LogP contribution in [0.2, 0.25) is 0 Å². The molecule has 0 fully saturated rings. The molecular weight excluding hydrogens is 817 g/mol. The topological polar surface area (TPSA) is 78.9 Å². The van der Waals surface area contributed by atoms with Crippen molar-refractivity contribution < 1.29 is 28.6 Å². The summed E-state index contributed by atoms with van der Waals surface area (Å²) in [5.41, 5.74) is 0. The Labute approximate surface area is 412 Å². The summed E-state index contributed by atoms with van der Waals surface area (Å²) in [6.07, 6.45) is 56.9. The lowest BCUT2D eigenvalue weighted by Gasteiger charge is -2.18. The van der Waals surface area contributed by atoms with Crippen molar-refractivity contribution >= 4 is 17.9 Å². The zero-order chi connectivity index (χ0) is 48.2. The fraction of sp³-hybridized carbons (Fsp3) is 0.950.